The van der Waals surface area contributed by atoms with E-state index in [2.05, 4.69) is 15.0 Å². The molecule has 0 fully saturated rings. The van der Waals surface area contributed by atoms with Crippen molar-refractivity contribution in [3.8, 4) is 0 Å². The normalized spacial score (nSPS) is 12.7. The molecule has 18 heteroatoms. The molecule has 0 radical (unpaired) electrons. The van der Waals surface area contributed by atoms with Crippen LogP contribution in [-0.2, 0) is 32.6 Å². The maximum absolute atomic E-state index is 14.2. The molecule has 4 amide bonds. The Bertz CT molecular complexity index is 2560. The molecule has 6 aromatic rings. The summed E-state index contributed by atoms with van der Waals surface area (Å²) in [6, 6.07) is 12.5. The standard InChI is InChI=1S/C38H34F4N6O5S3/c1-20-9-24-16-29(5-7-34(24)54-20)47(3)36(49)32(14-22-10-25(39)17-26(40)11-22)44-38(51)46-56(52,53)45-33(15-23-12-27(41)18-28(42)13-23)37(50)48(4)30-6-8-35-31(19-30)43-21(2)55-35/h5-13,16-19,32-33,45H,14-15H2,1-4H3,(H2,44,46,51)/t32-,33-/m0/s1. The van der Waals surface area contributed by atoms with E-state index in [9.17, 15) is 40.4 Å². The van der Waals surface area contributed by atoms with Crippen molar-refractivity contribution in [2.24, 2.45) is 0 Å². The second-order valence-corrected chi connectivity index (χ2v) is 17.0. The number of hydrogen-bond acceptors (Lipinski definition) is 8. The number of carbonyl (C=O) groups is 3. The number of carbonyl (C=O) groups excluding carboxylic acids is 3. The van der Waals surface area contributed by atoms with Crippen LogP contribution in [0.4, 0.5) is 33.7 Å². The fourth-order valence-electron chi connectivity index (χ4n) is 6.17. The number of aryl methyl sites for hydroxylation is 2. The Kier molecular flexibility index (Phi) is 11.7. The molecule has 0 aliphatic rings. The first-order valence-corrected chi connectivity index (χ1v) is 20.0. The number of halogens is 4. The molecule has 0 aliphatic heterocycles. The van der Waals surface area contributed by atoms with Crippen molar-refractivity contribution < 1.29 is 40.4 Å². The number of fused-ring (bicyclic) bond motifs is 2. The number of urea groups is 1. The summed E-state index contributed by atoms with van der Waals surface area (Å²) >= 11 is 2.99. The molecule has 0 aliphatic carbocycles. The third-order valence-electron chi connectivity index (χ3n) is 8.69. The quantitative estimate of drug-likeness (QED) is 0.118. The topological polar surface area (TPSA) is 141 Å². The highest BCUT2D eigenvalue weighted by Crippen LogP contribution is 2.30. The Morgan fingerprint density at radius 2 is 1.21 bits per heavy atom. The zero-order valence-corrected chi connectivity index (χ0v) is 32.6. The van der Waals surface area contributed by atoms with Gasteiger partial charge in [-0.1, -0.05) is 0 Å². The van der Waals surface area contributed by atoms with E-state index in [0.29, 0.717) is 29.0 Å². The molecule has 3 N–H and O–H groups in total. The lowest BCUT2D eigenvalue weighted by atomic mass is 10.0. The van der Waals surface area contributed by atoms with E-state index in [1.807, 2.05) is 26.0 Å². The predicted molar refractivity (Wildman–Crippen MR) is 209 cm³/mol. The number of anilines is 2. The Morgan fingerprint density at radius 3 is 1.80 bits per heavy atom. The summed E-state index contributed by atoms with van der Waals surface area (Å²) in [5.41, 5.74) is 1.27. The van der Waals surface area contributed by atoms with Crippen molar-refractivity contribution in [2.75, 3.05) is 23.9 Å². The maximum Gasteiger partial charge on any atom is 0.330 e. The van der Waals surface area contributed by atoms with Crippen molar-refractivity contribution in [1.82, 2.24) is 19.7 Å². The fourth-order valence-corrected chi connectivity index (χ4v) is 8.80. The number of aromatic nitrogens is 1. The van der Waals surface area contributed by atoms with E-state index in [1.165, 1.54) is 30.3 Å². The third-order valence-corrected chi connectivity index (χ3v) is 11.7. The molecule has 0 saturated heterocycles. The Hall–Kier alpha value is -5.43. The molecule has 2 atom stereocenters. The minimum absolute atomic E-state index is 0.0125. The van der Waals surface area contributed by atoms with Crippen LogP contribution >= 0.6 is 22.7 Å². The Labute approximate surface area is 327 Å². The molecule has 0 unspecified atom stereocenters. The minimum atomic E-state index is -4.97. The van der Waals surface area contributed by atoms with Crippen LogP contribution in [0.2, 0.25) is 0 Å². The van der Waals surface area contributed by atoms with Gasteiger partial charge in [-0.3, -0.25) is 9.59 Å². The van der Waals surface area contributed by atoms with Gasteiger partial charge >= 0.3 is 16.2 Å². The zero-order valence-electron chi connectivity index (χ0n) is 30.2. The van der Waals surface area contributed by atoms with Crippen LogP contribution in [-0.4, -0.2) is 57.4 Å². The lowest BCUT2D eigenvalue weighted by Gasteiger charge is -2.26. The van der Waals surface area contributed by atoms with E-state index < -0.39 is 76.2 Å². The number of benzene rings is 4. The van der Waals surface area contributed by atoms with Crippen molar-refractivity contribution in [3.05, 3.63) is 123 Å². The largest absolute Gasteiger partial charge is 0.330 e. The number of amides is 4. The molecule has 6 rings (SSSR count). The van der Waals surface area contributed by atoms with Crippen molar-refractivity contribution in [3.63, 3.8) is 0 Å². The molecular formula is C38H34F4N6O5S3. The molecule has 2 aromatic heterocycles. The first kappa shape index (κ1) is 40.2. The van der Waals surface area contributed by atoms with Gasteiger partial charge in [0.2, 0.25) is 11.8 Å². The number of hydrogen-bond donors (Lipinski definition) is 3. The lowest BCUT2D eigenvalue weighted by Crippen LogP contribution is -2.57. The van der Waals surface area contributed by atoms with Crippen molar-refractivity contribution in [2.45, 2.75) is 38.8 Å². The van der Waals surface area contributed by atoms with Gasteiger partial charge in [0.25, 0.3) is 0 Å². The van der Waals surface area contributed by atoms with E-state index in [-0.39, 0.29) is 11.1 Å². The van der Waals surface area contributed by atoms with Crippen LogP contribution in [0, 0.1) is 37.1 Å². The number of rotatable bonds is 12. The summed E-state index contributed by atoms with van der Waals surface area (Å²) in [6.07, 6.45) is -0.984. The van der Waals surface area contributed by atoms with Crippen molar-refractivity contribution >= 4 is 82.4 Å². The molecule has 0 saturated carbocycles. The van der Waals surface area contributed by atoms with Crippen LogP contribution in [0.25, 0.3) is 20.3 Å². The summed E-state index contributed by atoms with van der Waals surface area (Å²) in [5.74, 6) is -5.41. The van der Waals surface area contributed by atoms with Crippen LogP contribution in [0.15, 0.2) is 78.9 Å². The van der Waals surface area contributed by atoms with E-state index >= 15 is 0 Å². The van der Waals surface area contributed by atoms with E-state index in [4.69, 9.17) is 0 Å². The van der Waals surface area contributed by atoms with Crippen molar-refractivity contribution in [1.29, 1.82) is 0 Å². The number of likely N-dealkylation sites (N-methyl/N-ethyl adjacent to an activating group) is 2. The van der Waals surface area contributed by atoms with Crippen LogP contribution in [0.1, 0.15) is 21.0 Å². The number of nitrogens with one attached hydrogen (secondary N) is 3. The summed E-state index contributed by atoms with van der Waals surface area (Å²) in [7, 11) is -2.17. The van der Waals surface area contributed by atoms with Gasteiger partial charge in [0.15, 0.2) is 0 Å². The minimum Gasteiger partial charge on any atom is -0.325 e. The van der Waals surface area contributed by atoms with Crippen LogP contribution in [0.5, 0.6) is 0 Å². The SMILES string of the molecule is Cc1cc2cc(N(C)C(=O)[C@H](Cc3cc(F)cc(F)c3)NC(=O)NS(=O)(=O)N[C@@H](Cc3cc(F)cc(F)c3)C(=O)N(C)c3ccc4sc(C)nc4c3)ccc2s1. The maximum atomic E-state index is 14.2. The van der Waals surface area contributed by atoms with Crippen LogP contribution < -0.4 is 24.6 Å². The fraction of sp³-hybridized carbons (Fsp3) is 0.211. The number of thiazole rings is 1. The highest BCUT2D eigenvalue weighted by Gasteiger charge is 2.32. The molecule has 56 heavy (non-hydrogen) atoms. The van der Waals surface area contributed by atoms with Gasteiger partial charge in [0, 0.05) is 53.6 Å². The van der Waals surface area contributed by atoms with Gasteiger partial charge in [-0.15, -0.1) is 22.7 Å². The zero-order chi connectivity index (χ0) is 40.5. The van der Waals surface area contributed by atoms with Gasteiger partial charge in [0.05, 0.1) is 15.2 Å². The first-order chi connectivity index (χ1) is 26.4. The molecular weight excluding hydrogens is 793 g/mol. The third kappa shape index (κ3) is 9.68. The summed E-state index contributed by atoms with van der Waals surface area (Å²) in [6.45, 7) is 3.75. The lowest BCUT2D eigenvalue weighted by molar-refractivity contribution is -0.120. The van der Waals surface area contributed by atoms with Gasteiger partial charge in [0.1, 0.15) is 35.4 Å². The first-order valence-electron chi connectivity index (χ1n) is 16.9. The summed E-state index contributed by atoms with van der Waals surface area (Å²) in [5, 5.41) is 3.92. The van der Waals surface area contributed by atoms with E-state index in [0.717, 1.165) is 53.8 Å². The van der Waals surface area contributed by atoms with Gasteiger partial charge in [-0.05, 0) is 104 Å². The van der Waals surface area contributed by atoms with Gasteiger partial charge < -0.3 is 15.1 Å². The second kappa shape index (κ2) is 16.4. The summed E-state index contributed by atoms with van der Waals surface area (Å²) < 4.78 is 89.3. The molecule has 4 aromatic carbocycles. The average Bonchev–Trinajstić information content (AvgIpc) is 3.67. The Morgan fingerprint density at radius 1 is 0.696 bits per heavy atom. The predicted octanol–water partition coefficient (Wildman–Crippen LogP) is 6.67. The van der Waals surface area contributed by atoms with E-state index in [1.54, 1.807) is 46.4 Å². The van der Waals surface area contributed by atoms with Crippen LogP contribution in [0.3, 0.4) is 0 Å². The number of nitrogens with zero attached hydrogens (tertiary/aromatic N) is 3. The average molecular weight is 827 g/mol. The van der Waals surface area contributed by atoms with Gasteiger partial charge in [-0.2, -0.15) is 13.1 Å². The molecule has 2 heterocycles. The highest BCUT2D eigenvalue weighted by molar-refractivity contribution is 7.88. The second-order valence-electron chi connectivity index (χ2n) is 13.0. The monoisotopic (exact) mass is 826 g/mol. The molecule has 292 valence electrons. The molecule has 0 spiro atoms. The Balaban J connectivity index is 1.24. The molecule has 11 nitrogen and oxygen atoms in total. The van der Waals surface area contributed by atoms with Gasteiger partial charge in [-0.25, -0.2) is 32.1 Å². The number of thiophene rings is 1. The summed E-state index contributed by atoms with van der Waals surface area (Å²) in [4.78, 5) is 49.0. The molecule has 0 bridgehead atoms. The smallest absolute Gasteiger partial charge is 0.325 e. The highest BCUT2D eigenvalue weighted by atomic mass is 32.2.